The zero-order valence-corrected chi connectivity index (χ0v) is 14.9. The molecule has 2 aliphatic heterocycles. The molecule has 1 aromatic heterocycles. The smallest absolute Gasteiger partial charge is 0.254 e. The molecule has 2 aliphatic rings. The third kappa shape index (κ3) is 3.64. The monoisotopic (exact) mass is 355 g/mol. The molecule has 1 N–H and O–H groups in total. The highest BCUT2D eigenvalue weighted by molar-refractivity contribution is 5.94. The van der Waals surface area contributed by atoms with Gasteiger partial charge in [0, 0.05) is 24.3 Å². The van der Waals surface area contributed by atoms with Crippen molar-refractivity contribution in [2.24, 2.45) is 0 Å². The van der Waals surface area contributed by atoms with Crippen LogP contribution in [0.3, 0.4) is 0 Å². The second-order valence-electron chi connectivity index (χ2n) is 7.46. The molecule has 2 fully saturated rings. The van der Waals surface area contributed by atoms with Crippen molar-refractivity contribution in [2.75, 3.05) is 32.7 Å². The Labute approximate surface area is 153 Å². The Bertz CT molecular complexity index is 757. The lowest BCUT2D eigenvalue weighted by Crippen LogP contribution is -2.55. The van der Waals surface area contributed by atoms with Gasteiger partial charge in [0.15, 0.2) is 0 Å². The maximum absolute atomic E-state index is 13.0. The summed E-state index contributed by atoms with van der Waals surface area (Å²) in [6, 6.07) is 7.45. The number of nitrogens with zero attached hydrogens (tertiary/aromatic N) is 5. The van der Waals surface area contributed by atoms with Crippen LogP contribution in [-0.4, -0.2) is 73.9 Å². The summed E-state index contributed by atoms with van der Waals surface area (Å²) >= 11 is 0. The van der Waals surface area contributed by atoms with Gasteiger partial charge < -0.3 is 14.9 Å². The van der Waals surface area contributed by atoms with E-state index in [9.17, 15) is 9.90 Å². The topological polar surface area (TPSA) is 74.5 Å². The van der Waals surface area contributed by atoms with Crippen molar-refractivity contribution in [1.82, 2.24) is 24.6 Å². The standard InChI is InChI=1S/C19H25N5O2/c25-18(16-5-3-6-17(11-16)24-14-20-21-15-24)23-10-4-7-19(26,13-23)12-22-8-1-2-9-22/h3,5-6,11,14-15,26H,1-2,4,7-10,12-13H2/t19-/m0/s1. The lowest BCUT2D eigenvalue weighted by molar-refractivity contribution is -0.0431. The summed E-state index contributed by atoms with van der Waals surface area (Å²) in [6.45, 7) is 3.86. The third-order valence-corrected chi connectivity index (χ3v) is 5.37. The molecule has 0 bridgehead atoms. The number of β-amino-alcohol motifs (C(OH)–C–C–N with tert-alkyl or cyclic N) is 1. The second-order valence-corrected chi connectivity index (χ2v) is 7.46. The predicted molar refractivity (Wildman–Crippen MR) is 97.1 cm³/mol. The molecule has 0 unspecified atom stereocenters. The van der Waals surface area contributed by atoms with E-state index in [1.54, 1.807) is 22.1 Å². The van der Waals surface area contributed by atoms with Crippen LogP contribution < -0.4 is 0 Å². The highest BCUT2D eigenvalue weighted by Crippen LogP contribution is 2.25. The molecule has 3 heterocycles. The Balaban J connectivity index is 1.48. The molecule has 2 aromatic rings. The third-order valence-electron chi connectivity index (χ3n) is 5.37. The van der Waals surface area contributed by atoms with Gasteiger partial charge in [0.2, 0.25) is 0 Å². The maximum Gasteiger partial charge on any atom is 0.254 e. The van der Waals surface area contributed by atoms with E-state index in [1.807, 2.05) is 24.3 Å². The largest absolute Gasteiger partial charge is 0.387 e. The van der Waals surface area contributed by atoms with Gasteiger partial charge in [0.25, 0.3) is 5.91 Å². The van der Waals surface area contributed by atoms with E-state index < -0.39 is 5.60 Å². The van der Waals surface area contributed by atoms with Crippen molar-refractivity contribution in [2.45, 2.75) is 31.3 Å². The van der Waals surface area contributed by atoms with Crippen molar-refractivity contribution in [3.63, 3.8) is 0 Å². The minimum absolute atomic E-state index is 0.0283. The van der Waals surface area contributed by atoms with Crippen LogP contribution >= 0.6 is 0 Å². The molecule has 1 amide bonds. The van der Waals surface area contributed by atoms with Crippen molar-refractivity contribution >= 4 is 5.91 Å². The molecule has 7 nitrogen and oxygen atoms in total. The zero-order chi connectivity index (χ0) is 18.0. The first-order valence-corrected chi connectivity index (χ1v) is 9.32. The Morgan fingerprint density at radius 3 is 2.65 bits per heavy atom. The van der Waals surface area contributed by atoms with Crippen LogP contribution in [0, 0.1) is 0 Å². The van der Waals surface area contributed by atoms with Crippen LogP contribution in [-0.2, 0) is 0 Å². The molecule has 0 radical (unpaired) electrons. The molecular formula is C19H25N5O2. The number of hydrogen-bond acceptors (Lipinski definition) is 5. The number of aliphatic hydroxyl groups is 1. The van der Waals surface area contributed by atoms with Crippen LogP contribution in [0.4, 0.5) is 0 Å². The van der Waals surface area contributed by atoms with Gasteiger partial charge in [0.05, 0.1) is 12.1 Å². The van der Waals surface area contributed by atoms with Gasteiger partial charge in [-0.1, -0.05) is 6.07 Å². The molecule has 26 heavy (non-hydrogen) atoms. The van der Waals surface area contributed by atoms with Gasteiger partial charge in [-0.15, -0.1) is 10.2 Å². The first-order chi connectivity index (χ1) is 12.6. The molecule has 0 saturated carbocycles. The van der Waals surface area contributed by atoms with E-state index in [2.05, 4.69) is 15.1 Å². The Morgan fingerprint density at radius 1 is 1.12 bits per heavy atom. The van der Waals surface area contributed by atoms with E-state index in [-0.39, 0.29) is 5.91 Å². The number of likely N-dealkylation sites (tertiary alicyclic amines) is 2. The molecule has 7 heteroatoms. The van der Waals surface area contributed by atoms with Crippen LogP contribution in [0.1, 0.15) is 36.0 Å². The van der Waals surface area contributed by atoms with Crippen molar-refractivity contribution in [3.8, 4) is 5.69 Å². The molecule has 4 rings (SSSR count). The van der Waals surface area contributed by atoms with E-state index in [1.165, 1.54) is 12.8 Å². The first kappa shape index (κ1) is 17.2. The Hall–Kier alpha value is -2.25. The number of piperidine rings is 1. The number of carbonyl (C=O) groups is 1. The maximum atomic E-state index is 13.0. The zero-order valence-electron chi connectivity index (χ0n) is 14.9. The molecule has 0 spiro atoms. The van der Waals surface area contributed by atoms with E-state index in [4.69, 9.17) is 0 Å². The summed E-state index contributed by atoms with van der Waals surface area (Å²) < 4.78 is 1.77. The average molecular weight is 355 g/mol. The van der Waals surface area contributed by atoms with Crippen LogP contribution in [0.25, 0.3) is 5.69 Å². The summed E-state index contributed by atoms with van der Waals surface area (Å²) in [5, 5.41) is 18.7. The number of aromatic nitrogens is 3. The minimum atomic E-state index is -0.801. The predicted octanol–water partition coefficient (Wildman–Crippen LogP) is 1.33. The van der Waals surface area contributed by atoms with Gasteiger partial charge in [-0.3, -0.25) is 9.36 Å². The fraction of sp³-hybridized carbons (Fsp3) is 0.526. The van der Waals surface area contributed by atoms with Crippen molar-refractivity contribution < 1.29 is 9.90 Å². The lowest BCUT2D eigenvalue weighted by Gasteiger charge is -2.41. The van der Waals surface area contributed by atoms with E-state index in [0.29, 0.717) is 25.2 Å². The highest BCUT2D eigenvalue weighted by Gasteiger charge is 2.37. The molecule has 138 valence electrons. The summed E-state index contributed by atoms with van der Waals surface area (Å²) in [7, 11) is 0. The minimum Gasteiger partial charge on any atom is -0.387 e. The van der Waals surface area contributed by atoms with E-state index in [0.717, 1.165) is 31.6 Å². The van der Waals surface area contributed by atoms with E-state index >= 15 is 0 Å². The van der Waals surface area contributed by atoms with Crippen LogP contribution in [0.15, 0.2) is 36.9 Å². The summed E-state index contributed by atoms with van der Waals surface area (Å²) in [6.07, 6.45) is 7.22. The highest BCUT2D eigenvalue weighted by atomic mass is 16.3. The van der Waals surface area contributed by atoms with Gasteiger partial charge in [-0.25, -0.2) is 0 Å². The molecule has 1 aromatic carbocycles. The Morgan fingerprint density at radius 2 is 1.88 bits per heavy atom. The van der Waals surface area contributed by atoms with Gasteiger partial charge in [-0.2, -0.15) is 0 Å². The fourth-order valence-electron chi connectivity index (χ4n) is 4.09. The number of carbonyl (C=O) groups excluding carboxylic acids is 1. The summed E-state index contributed by atoms with van der Waals surface area (Å²) in [5.74, 6) is -0.0283. The number of hydrogen-bond donors (Lipinski definition) is 1. The number of benzene rings is 1. The first-order valence-electron chi connectivity index (χ1n) is 9.32. The van der Waals surface area contributed by atoms with Crippen molar-refractivity contribution in [1.29, 1.82) is 0 Å². The van der Waals surface area contributed by atoms with Gasteiger partial charge in [-0.05, 0) is 57.0 Å². The number of rotatable bonds is 4. The Kier molecular flexibility index (Phi) is 4.74. The molecule has 2 saturated heterocycles. The van der Waals surface area contributed by atoms with Gasteiger partial charge in [0.1, 0.15) is 12.7 Å². The average Bonchev–Trinajstić information content (AvgIpc) is 3.35. The fourth-order valence-corrected chi connectivity index (χ4v) is 4.09. The lowest BCUT2D eigenvalue weighted by atomic mass is 9.91. The SMILES string of the molecule is O=C(c1cccc(-n2cnnc2)c1)N1CCC[C@](O)(CN2CCCC2)C1. The van der Waals surface area contributed by atoms with Crippen LogP contribution in [0.5, 0.6) is 0 Å². The normalized spacial score (nSPS) is 24.1. The summed E-state index contributed by atoms with van der Waals surface area (Å²) in [5.41, 5.74) is 0.677. The molecular weight excluding hydrogens is 330 g/mol. The van der Waals surface area contributed by atoms with Gasteiger partial charge >= 0.3 is 0 Å². The summed E-state index contributed by atoms with van der Waals surface area (Å²) in [4.78, 5) is 17.1. The molecule has 0 aliphatic carbocycles. The van der Waals surface area contributed by atoms with Crippen molar-refractivity contribution in [3.05, 3.63) is 42.5 Å². The molecule has 1 atom stereocenters. The second kappa shape index (κ2) is 7.17. The number of amides is 1. The van der Waals surface area contributed by atoms with Crippen LogP contribution in [0.2, 0.25) is 0 Å². The quantitative estimate of drug-likeness (QED) is 0.896.